The van der Waals surface area contributed by atoms with Crippen LogP contribution in [0.5, 0.6) is 0 Å². The number of aryl methyl sites for hydroxylation is 2. The predicted octanol–water partition coefficient (Wildman–Crippen LogP) is 6.30. The van der Waals surface area contributed by atoms with Gasteiger partial charge in [-0.15, -0.1) is 0 Å². The fourth-order valence-electron chi connectivity index (χ4n) is 4.53. The lowest BCUT2D eigenvalue weighted by Gasteiger charge is -2.28. The van der Waals surface area contributed by atoms with Gasteiger partial charge >= 0.3 is 0 Å². The maximum atomic E-state index is 14.0. The molecular weight excluding hydrogens is 396 g/mol. The molecule has 2 aliphatic rings. The Labute approximate surface area is 191 Å². The number of carbonyl (C=O) groups is 2. The molecule has 0 aromatic heterocycles. The molecule has 0 radical (unpaired) electrons. The Morgan fingerprint density at radius 3 is 1.06 bits per heavy atom. The molecule has 0 fully saturated rings. The van der Waals surface area contributed by atoms with Gasteiger partial charge in [-0.2, -0.15) is 0 Å². The van der Waals surface area contributed by atoms with Gasteiger partial charge in [-0.1, -0.05) is 76.9 Å². The number of carbonyl (C=O) groups excluding carboxylic acids is 2. The van der Waals surface area contributed by atoms with Crippen molar-refractivity contribution >= 4 is 23.2 Å². The molecule has 4 heteroatoms. The summed E-state index contributed by atoms with van der Waals surface area (Å²) in [6.07, 6.45) is 0. The summed E-state index contributed by atoms with van der Waals surface area (Å²) in [4.78, 5) is 31.4. The van der Waals surface area contributed by atoms with Crippen molar-refractivity contribution in [1.82, 2.24) is 0 Å². The molecule has 0 aliphatic carbocycles. The number of nitrogens with zero attached hydrogens (tertiary/aromatic N) is 2. The Kier molecular flexibility index (Phi) is 4.96. The van der Waals surface area contributed by atoms with Gasteiger partial charge in [0.25, 0.3) is 11.8 Å². The van der Waals surface area contributed by atoms with Crippen LogP contribution in [0.25, 0.3) is 0 Å². The van der Waals surface area contributed by atoms with Crippen LogP contribution in [0.3, 0.4) is 0 Å². The fourth-order valence-corrected chi connectivity index (χ4v) is 4.53. The summed E-state index contributed by atoms with van der Waals surface area (Å²) in [6, 6.07) is 15.9. The lowest BCUT2D eigenvalue weighted by Crippen LogP contribution is -2.34. The minimum absolute atomic E-state index is 0.0577. The summed E-state index contributed by atoms with van der Waals surface area (Å²) >= 11 is 0. The van der Waals surface area contributed by atoms with Crippen molar-refractivity contribution in [3.63, 3.8) is 0 Å². The third-order valence-corrected chi connectivity index (χ3v) is 6.06. The molecule has 0 saturated heterocycles. The Morgan fingerprint density at radius 2 is 0.812 bits per heavy atom. The van der Waals surface area contributed by atoms with Crippen molar-refractivity contribution in [2.24, 2.45) is 10.8 Å². The molecular formula is C28H32N2O2. The Bertz CT molecular complexity index is 1070. The smallest absolute Gasteiger partial charge is 0.261 e. The number of hydrogen-bond donors (Lipinski definition) is 0. The van der Waals surface area contributed by atoms with Crippen molar-refractivity contribution in [1.29, 1.82) is 0 Å². The summed E-state index contributed by atoms with van der Waals surface area (Å²) in [6.45, 7) is 16.3. The lowest BCUT2D eigenvalue weighted by atomic mass is 9.84. The highest BCUT2D eigenvalue weighted by Gasteiger charge is 2.53. The summed E-state index contributed by atoms with van der Waals surface area (Å²) < 4.78 is 0. The molecule has 4 nitrogen and oxygen atoms in total. The number of amides is 2. The molecule has 0 saturated carbocycles. The highest BCUT2D eigenvalue weighted by molar-refractivity contribution is 6.24. The van der Waals surface area contributed by atoms with Crippen LogP contribution >= 0.6 is 0 Å². The molecule has 2 aliphatic heterocycles. The average Bonchev–Trinajstić information content (AvgIpc) is 3.11. The first-order valence-electron chi connectivity index (χ1n) is 11.1. The van der Waals surface area contributed by atoms with Gasteiger partial charge < -0.3 is 0 Å². The standard InChI is InChI=1S/C28H32N2O2/c1-17-9-13-19(14-10-17)29-23-21(27(3,4)5)26(32)30(20-15-11-18(2)12-16-20)24(23)22(25(29)31)28(6,7)8/h9-16H,1-8H3. The topological polar surface area (TPSA) is 40.6 Å². The first kappa shape index (κ1) is 22.1. The van der Waals surface area contributed by atoms with Crippen LogP contribution in [0.1, 0.15) is 52.7 Å². The van der Waals surface area contributed by atoms with Crippen molar-refractivity contribution < 1.29 is 9.59 Å². The lowest BCUT2D eigenvalue weighted by molar-refractivity contribution is -0.115. The quantitative estimate of drug-likeness (QED) is 0.563. The molecule has 2 amide bonds. The van der Waals surface area contributed by atoms with Crippen molar-refractivity contribution in [2.45, 2.75) is 55.4 Å². The molecule has 0 bridgehead atoms. The second-order valence-electron chi connectivity index (χ2n) is 10.9. The highest BCUT2D eigenvalue weighted by Crippen LogP contribution is 2.52. The van der Waals surface area contributed by atoms with E-state index in [4.69, 9.17) is 0 Å². The minimum atomic E-state index is -0.437. The van der Waals surface area contributed by atoms with Crippen LogP contribution in [0.2, 0.25) is 0 Å². The normalized spacial score (nSPS) is 17.1. The molecule has 4 rings (SSSR count). The number of rotatable bonds is 2. The van der Waals surface area contributed by atoms with Crippen LogP contribution in [-0.4, -0.2) is 11.8 Å². The average molecular weight is 429 g/mol. The van der Waals surface area contributed by atoms with Crippen LogP contribution in [-0.2, 0) is 9.59 Å². The first-order chi connectivity index (χ1) is 14.8. The van der Waals surface area contributed by atoms with E-state index >= 15 is 0 Å². The monoisotopic (exact) mass is 428 g/mol. The maximum absolute atomic E-state index is 14.0. The SMILES string of the molecule is Cc1ccc(N2C(=O)C(C(C)(C)C)=C3C2=C(C(C)(C)C)C(=O)N3c2ccc(C)cc2)cc1. The van der Waals surface area contributed by atoms with Crippen molar-refractivity contribution in [2.75, 3.05) is 9.80 Å². The number of anilines is 2. The number of benzene rings is 2. The van der Waals surface area contributed by atoms with Gasteiger partial charge in [0.05, 0.1) is 11.4 Å². The van der Waals surface area contributed by atoms with E-state index in [1.165, 1.54) is 0 Å². The number of hydrogen-bond acceptors (Lipinski definition) is 2. The minimum Gasteiger partial charge on any atom is -0.275 e. The van der Waals surface area contributed by atoms with Gasteiger partial charge in [-0.25, -0.2) is 0 Å². The molecule has 0 atom stereocenters. The van der Waals surface area contributed by atoms with E-state index in [-0.39, 0.29) is 11.8 Å². The van der Waals surface area contributed by atoms with E-state index in [2.05, 4.69) is 0 Å². The molecule has 0 unspecified atom stereocenters. The van der Waals surface area contributed by atoms with E-state index in [1.807, 2.05) is 104 Å². The predicted molar refractivity (Wildman–Crippen MR) is 130 cm³/mol. The van der Waals surface area contributed by atoms with E-state index in [0.29, 0.717) is 11.1 Å². The Balaban J connectivity index is 2.05. The molecule has 2 aromatic rings. The summed E-state index contributed by atoms with van der Waals surface area (Å²) in [7, 11) is 0. The highest BCUT2D eigenvalue weighted by atomic mass is 16.2. The Hall–Kier alpha value is -3.14. The molecule has 0 N–H and O–H groups in total. The van der Waals surface area contributed by atoms with E-state index < -0.39 is 10.8 Å². The van der Waals surface area contributed by atoms with Gasteiger partial charge in [0.1, 0.15) is 0 Å². The number of fused-ring (bicyclic) bond motifs is 1. The zero-order valence-corrected chi connectivity index (χ0v) is 20.3. The van der Waals surface area contributed by atoms with E-state index in [1.54, 1.807) is 9.80 Å². The van der Waals surface area contributed by atoms with Crippen LogP contribution < -0.4 is 9.80 Å². The zero-order valence-electron chi connectivity index (χ0n) is 20.3. The molecule has 2 aromatic carbocycles. The van der Waals surface area contributed by atoms with Gasteiger partial charge in [-0.3, -0.25) is 19.4 Å². The fraction of sp³-hybridized carbons (Fsp3) is 0.357. The largest absolute Gasteiger partial charge is 0.275 e. The van der Waals surface area contributed by atoms with Gasteiger partial charge in [0.15, 0.2) is 0 Å². The summed E-state index contributed by atoms with van der Waals surface area (Å²) in [5, 5.41) is 0. The van der Waals surface area contributed by atoms with Crippen LogP contribution in [0.15, 0.2) is 71.1 Å². The van der Waals surface area contributed by atoms with Crippen LogP contribution in [0.4, 0.5) is 11.4 Å². The van der Waals surface area contributed by atoms with Gasteiger partial charge in [-0.05, 0) is 48.9 Å². The van der Waals surface area contributed by atoms with Crippen molar-refractivity contribution in [3.8, 4) is 0 Å². The van der Waals surface area contributed by atoms with E-state index in [0.717, 1.165) is 33.9 Å². The third kappa shape index (κ3) is 3.38. The first-order valence-corrected chi connectivity index (χ1v) is 11.1. The van der Waals surface area contributed by atoms with Crippen molar-refractivity contribution in [3.05, 3.63) is 82.2 Å². The molecule has 32 heavy (non-hydrogen) atoms. The molecule has 166 valence electrons. The Morgan fingerprint density at radius 1 is 0.531 bits per heavy atom. The summed E-state index contributed by atoms with van der Waals surface area (Å²) in [5.74, 6) is -0.115. The molecule has 0 spiro atoms. The van der Waals surface area contributed by atoms with Crippen LogP contribution in [0, 0.1) is 24.7 Å². The molecule has 2 heterocycles. The maximum Gasteiger partial charge on any atom is 0.261 e. The summed E-state index contributed by atoms with van der Waals surface area (Å²) in [5.41, 5.74) is 5.73. The second kappa shape index (κ2) is 7.19. The third-order valence-electron chi connectivity index (χ3n) is 6.06. The van der Waals surface area contributed by atoms with Gasteiger partial charge in [0, 0.05) is 22.5 Å². The second-order valence-corrected chi connectivity index (χ2v) is 10.9. The van der Waals surface area contributed by atoms with Gasteiger partial charge in [0.2, 0.25) is 0 Å². The zero-order chi connectivity index (χ0) is 23.6. The van der Waals surface area contributed by atoms with E-state index in [9.17, 15) is 9.59 Å².